The SMILES string of the molecule is CC(C)c1ccc(F)c(S(C)(=O)=O)c1. The summed E-state index contributed by atoms with van der Waals surface area (Å²) in [5, 5.41) is 0. The van der Waals surface area contributed by atoms with Gasteiger partial charge in [0, 0.05) is 6.26 Å². The predicted molar refractivity (Wildman–Crippen MR) is 53.6 cm³/mol. The van der Waals surface area contributed by atoms with E-state index < -0.39 is 15.7 Å². The molecule has 0 aliphatic carbocycles. The maximum absolute atomic E-state index is 13.1. The zero-order valence-corrected chi connectivity index (χ0v) is 9.23. The molecule has 1 rings (SSSR count). The van der Waals surface area contributed by atoms with Crippen LogP contribution in [0.15, 0.2) is 23.1 Å². The molecule has 0 aromatic heterocycles. The molecule has 1 aromatic carbocycles. The highest BCUT2D eigenvalue weighted by Crippen LogP contribution is 2.21. The highest BCUT2D eigenvalue weighted by molar-refractivity contribution is 7.90. The summed E-state index contributed by atoms with van der Waals surface area (Å²) in [5.41, 5.74) is 0.826. The first kappa shape index (κ1) is 11.2. The van der Waals surface area contributed by atoms with Crippen molar-refractivity contribution < 1.29 is 12.8 Å². The molecule has 0 bridgehead atoms. The van der Waals surface area contributed by atoms with Crippen molar-refractivity contribution in [3.8, 4) is 0 Å². The Morgan fingerprint density at radius 1 is 1.29 bits per heavy atom. The fraction of sp³-hybridized carbons (Fsp3) is 0.400. The molecule has 0 amide bonds. The lowest BCUT2D eigenvalue weighted by Crippen LogP contribution is -2.02. The maximum Gasteiger partial charge on any atom is 0.178 e. The van der Waals surface area contributed by atoms with Crippen LogP contribution < -0.4 is 0 Å². The molecule has 0 saturated heterocycles. The Morgan fingerprint density at radius 3 is 2.29 bits per heavy atom. The Balaban J connectivity index is 3.37. The Morgan fingerprint density at radius 2 is 1.86 bits per heavy atom. The molecule has 0 spiro atoms. The molecule has 0 N–H and O–H groups in total. The summed E-state index contributed by atoms with van der Waals surface area (Å²) in [6.45, 7) is 3.86. The molecule has 4 heteroatoms. The van der Waals surface area contributed by atoms with E-state index in [0.29, 0.717) is 0 Å². The molecule has 0 fully saturated rings. The zero-order chi connectivity index (χ0) is 10.9. The van der Waals surface area contributed by atoms with Gasteiger partial charge in [-0.15, -0.1) is 0 Å². The fourth-order valence-electron chi connectivity index (χ4n) is 1.16. The number of sulfone groups is 1. The van der Waals surface area contributed by atoms with E-state index in [2.05, 4.69) is 0 Å². The first-order valence-corrected chi connectivity index (χ1v) is 6.21. The average Bonchev–Trinajstić information content (AvgIpc) is 2.02. The molecule has 1 aromatic rings. The maximum atomic E-state index is 13.1. The number of hydrogen-bond acceptors (Lipinski definition) is 2. The van der Waals surface area contributed by atoms with Crippen molar-refractivity contribution in [1.29, 1.82) is 0 Å². The molecule has 0 aliphatic heterocycles. The Hall–Kier alpha value is -0.900. The van der Waals surface area contributed by atoms with E-state index in [-0.39, 0.29) is 10.8 Å². The van der Waals surface area contributed by atoms with Gasteiger partial charge in [-0.1, -0.05) is 19.9 Å². The monoisotopic (exact) mass is 216 g/mol. The smallest absolute Gasteiger partial charge is 0.178 e. The van der Waals surface area contributed by atoms with Crippen LogP contribution in [0.2, 0.25) is 0 Å². The third-order valence-corrected chi connectivity index (χ3v) is 3.13. The van der Waals surface area contributed by atoms with Crippen LogP contribution in [0, 0.1) is 5.82 Å². The summed E-state index contributed by atoms with van der Waals surface area (Å²) < 4.78 is 35.5. The molecular formula is C10H13FO2S. The van der Waals surface area contributed by atoms with E-state index in [0.717, 1.165) is 11.8 Å². The van der Waals surface area contributed by atoms with Gasteiger partial charge in [0.25, 0.3) is 0 Å². The third kappa shape index (κ3) is 2.32. The van der Waals surface area contributed by atoms with E-state index in [4.69, 9.17) is 0 Å². The summed E-state index contributed by atoms with van der Waals surface area (Å²) in [5.74, 6) is -0.493. The lowest BCUT2D eigenvalue weighted by Gasteiger charge is -2.07. The average molecular weight is 216 g/mol. The van der Waals surface area contributed by atoms with E-state index in [1.165, 1.54) is 12.1 Å². The van der Waals surface area contributed by atoms with Gasteiger partial charge < -0.3 is 0 Å². The van der Waals surface area contributed by atoms with Crippen LogP contribution in [0.3, 0.4) is 0 Å². The summed E-state index contributed by atoms with van der Waals surface area (Å²) in [4.78, 5) is -0.219. The number of rotatable bonds is 2. The molecule has 0 heterocycles. The largest absolute Gasteiger partial charge is 0.224 e. The molecule has 0 atom stereocenters. The third-order valence-electron chi connectivity index (χ3n) is 2.02. The van der Waals surface area contributed by atoms with Crippen molar-refractivity contribution in [1.82, 2.24) is 0 Å². The molecule has 14 heavy (non-hydrogen) atoms. The van der Waals surface area contributed by atoms with Gasteiger partial charge in [-0.2, -0.15) is 0 Å². The van der Waals surface area contributed by atoms with Crippen LogP contribution in [0.25, 0.3) is 0 Å². The highest BCUT2D eigenvalue weighted by atomic mass is 32.2. The summed E-state index contributed by atoms with van der Waals surface area (Å²) in [6.07, 6.45) is 1.01. The molecule has 0 saturated carbocycles. The van der Waals surface area contributed by atoms with Gasteiger partial charge in [0.15, 0.2) is 9.84 Å². The van der Waals surface area contributed by atoms with E-state index >= 15 is 0 Å². The van der Waals surface area contributed by atoms with E-state index in [1.54, 1.807) is 6.07 Å². The first-order chi connectivity index (χ1) is 6.32. The lowest BCUT2D eigenvalue weighted by atomic mass is 10.0. The molecular weight excluding hydrogens is 203 g/mol. The van der Waals surface area contributed by atoms with E-state index in [9.17, 15) is 12.8 Å². The molecule has 2 nitrogen and oxygen atoms in total. The van der Waals surface area contributed by atoms with Gasteiger partial charge in [-0.3, -0.25) is 0 Å². The molecule has 0 unspecified atom stereocenters. The molecule has 0 radical (unpaired) electrons. The van der Waals surface area contributed by atoms with Crippen LogP contribution in [-0.4, -0.2) is 14.7 Å². The summed E-state index contributed by atoms with van der Waals surface area (Å²) >= 11 is 0. The molecule has 0 aliphatic rings. The topological polar surface area (TPSA) is 34.1 Å². The van der Waals surface area contributed by atoms with E-state index in [1.807, 2.05) is 13.8 Å². The van der Waals surface area contributed by atoms with Crippen LogP contribution in [0.5, 0.6) is 0 Å². The van der Waals surface area contributed by atoms with Gasteiger partial charge in [-0.25, -0.2) is 12.8 Å². The normalized spacial score (nSPS) is 12.1. The Bertz CT molecular complexity index is 435. The Kier molecular flexibility index (Phi) is 2.95. The van der Waals surface area contributed by atoms with Gasteiger partial charge in [0.1, 0.15) is 10.7 Å². The zero-order valence-electron chi connectivity index (χ0n) is 8.41. The number of halogens is 1. The number of benzene rings is 1. The van der Waals surface area contributed by atoms with Crippen molar-refractivity contribution in [2.45, 2.75) is 24.7 Å². The van der Waals surface area contributed by atoms with Crippen LogP contribution in [0.4, 0.5) is 4.39 Å². The number of hydrogen-bond donors (Lipinski definition) is 0. The van der Waals surface area contributed by atoms with Crippen LogP contribution in [0.1, 0.15) is 25.3 Å². The minimum atomic E-state index is -3.46. The highest BCUT2D eigenvalue weighted by Gasteiger charge is 2.14. The van der Waals surface area contributed by atoms with Crippen LogP contribution in [-0.2, 0) is 9.84 Å². The minimum Gasteiger partial charge on any atom is -0.224 e. The predicted octanol–water partition coefficient (Wildman–Crippen LogP) is 2.35. The Labute approximate surface area is 83.7 Å². The van der Waals surface area contributed by atoms with Gasteiger partial charge in [-0.05, 0) is 23.6 Å². The second-order valence-electron chi connectivity index (χ2n) is 3.62. The summed E-state index contributed by atoms with van der Waals surface area (Å²) in [6, 6.07) is 4.20. The van der Waals surface area contributed by atoms with Crippen molar-refractivity contribution in [2.24, 2.45) is 0 Å². The first-order valence-electron chi connectivity index (χ1n) is 4.32. The lowest BCUT2D eigenvalue weighted by molar-refractivity contribution is 0.569. The fourth-order valence-corrected chi connectivity index (χ4v) is 1.94. The van der Waals surface area contributed by atoms with Gasteiger partial charge in [0.2, 0.25) is 0 Å². The van der Waals surface area contributed by atoms with Crippen molar-refractivity contribution in [2.75, 3.05) is 6.26 Å². The van der Waals surface area contributed by atoms with Gasteiger partial charge >= 0.3 is 0 Å². The van der Waals surface area contributed by atoms with Gasteiger partial charge in [0.05, 0.1) is 0 Å². The second kappa shape index (κ2) is 3.69. The van der Waals surface area contributed by atoms with Crippen molar-refractivity contribution in [3.63, 3.8) is 0 Å². The van der Waals surface area contributed by atoms with Crippen LogP contribution >= 0.6 is 0 Å². The second-order valence-corrected chi connectivity index (χ2v) is 5.60. The summed E-state index contributed by atoms with van der Waals surface area (Å²) in [7, 11) is -3.46. The standard InChI is InChI=1S/C10H13FO2S/c1-7(2)8-4-5-9(11)10(6-8)14(3,12)13/h4-7H,1-3H3. The van der Waals surface area contributed by atoms with Crippen molar-refractivity contribution in [3.05, 3.63) is 29.6 Å². The molecule has 78 valence electrons. The van der Waals surface area contributed by atoms with Crippen molar-refractivity contribution >= 4 is 9.84 Å². The minimum absolute atomic E-state index is 0.191. The quantitative estimate of drug-likeness (QED) is 0.760.